The molecule has 0 saturated heterocycles. The third-order valence-electron chi connectivity index (χ3n) is 0.138. The zero-order chi connectivity index (χ0) is 4.28. The second kappa shape index (κ2) is 2.89. The number of rotatable bonds is 1. The van der Waals surface area contributed by atoms with Gasteiger partial charge in [0.15, 0.2) is 0 Å². The van der Waals surface area contributed by atoms with Gasteiger partial charge in [-0.1, -0.05) is 0 Å². The van der Waals surface area contributed by atoms with Crippen LogP contribution < -0.4 is 0 Å². The highest BCUT2D eigenvalue weighted by Gasteiger charge is 1.81. The lowest BCUT2D eigenvalue weighted by Crippen LogP contribution is -1.56. The van der Waals surface area contributed by atoms with E-state index in [1.54, 1.807) is 0 Å². The highest BCUT2D eigenvalue weighted by atomic mass is 35.5. The van der Waals surface area contributed by atoms with Crippen LogP contribution in [-0.4, -0.2) is 13.3 Å². The van der Waals surface area contributed by atoms with Gasteiger partial charge in [-0.25, -0.2) is 0 Å². The van der Waals surface area contributed by atoms with Gasteiger partial charge in [-0.3, -0.25) is 4.08 Å². The summed E-state index contributed by atoms with van der Waals surface area (Å²) >= 11 is 4.87. The normalized spacial score (nSPS) is 9.60. The Morgan fingerprint density at radius 2 is 1.80 bits per heavy atom. The van der Waals surface area contributed by atoms with E-state index in [2.05, 4.69) is 4.08 Å². The molecule has 0 aromatic heterocycles. The van der Waals surface area contributed by atoms with Crippen LogP contribution in [0.3, 0.4) is 0 Å². The number of hydrogen-bond donors (Lipinski definition) is 0. The molecule has 0 aliphatic carbocycles. The maximum absolute atomic E-state index is 4.87. The fraction of sp³-hybridized carbons (Fsp3) is 1.00. The molecule has 0 spiro atoms. The monoisotopic (exact) mass is 112 g/mol. The zero-order valence-corrected chi connectivity index (χ0v) is 4.88. The van der Waals surface area contributed by atoms with Crippen molar-refractivity contribution in [1.29, 1.82) is 0 Å². The largest absolute Gasteiger partial charge is 0.258 e. The van der Waals surface area contributed by atoms with Gasteiger partial charge >= 0.3 is 0 Å². The Kier molecular flexibility index (Phi) is 3.29. The van der Waals surface area contributed by atoms with Gasteiger partial charge in [0.1, 0.15) is 0 Å². The third-order valence-corrected chi connectivity index (χ3v) is 1.24. The van der Waals surface area contributed by atoms with Gasteiger partial charge in [0, 0.05) is 8.15 Å². The molecule has 0 bridgehead atoms. The molecule has 0 atom stereocenters. The van der Waals surface area contributed by atoms with Crippen molar-refractivity contribution in [2.75, 3.05) is 13.3 Å². The molecule has 0 aromatic rings. The van der Waals surface area contributed by atoms with Gasteiger partial charge < -0.3 is 0 Å². The minimum Gasteiger partial charge on any atom is -0.258 e. The summed E-state index contributed by atoms with van der Waals surface area (Å²) in [5.74, 6) is 0. The quantitative estimate of drug-likeness (QED) is 0.470. The van der Waals surface area contributed by atoms with E-state index in [0.717, 1.165) is 0 Å². The smallest absolute Gasteiger partial charge is 0.0647 e. The van der Waals surface area contributed by atoms with Gasteiger partial charge in [0.05, 0.1) is 11.9 Å². The Labute approximate surface area is 38.3 Å². The molecule has 5 heavy (non-hydrogen) atoms. The maximum atomic E-state index is 4.87. The zero-order valence-electron chi connectivity index (χ0n) is 3.23. The van der Waals surface area contributed by atoms with Crippen molar-refractivity contribution in [2.24, 2.45) is 0 Å². The molecule has 3 heteroatoms. The first-order chi connectivity index (χ1) is 2.27. The minimum absolute atomic E-state index is 0.333. The van der Waals surface area contributed by atoms with E-state index in [-0.39, 0.29) is 8.15 Å². The van der Waals surface area contributed by atoms with Gasteiger partial charge in [0.25, 0.3) is 0 Å². The van der Waals surface area contributed by atoms with E-state index in [1.807, 2.05) is 13.3 Å². The summed E-state index contributed by atoms with van der Waals surface area (Å²) in [4.78, 5) is 0. The molecule has 1 nitrogen and oxygen atoms in total. The summed E-state index contributed by atoms with van der Waals surface area (Å²) in [5, 5.41) is 0. The van der Waals surface area contributed by atoms with Crippen molar-refractivity contribution in [1.82, 2.24) is 0 Å². The molecule has 0 unspecified atom stereocenters. The molecule has 0 aliphatic rings. The number of hydrogen-bond acceptors (Lipinski definition) is 1. The van der Waals surface area contributed by atoms with Crippen molar-refractivity contribution in [2.45, 2.75) is 0 Å². The summed E-state index contributed by atoms with van der Waals surface area (Å²) in [6.07, 6.45) is 0. The average Bonchev–Trinajstić information content (AvgIpc) is 1.38. The number of halogens is 1. The highest BCUT2D eigenvalue weighted by molar-refractivity contribution is 7.51. The molecular weight excluding hydrogens is 106 g/mol. The predicted octanol–water partition coefficient (Wildman–Crippen LogP) is 1.81. The third kappa shape index (κ3) is 4.68. The van der Waals surface area contributed by atoms with Crippen LogP contribution in [0.25, 0.3) is 0 Å². The van der Waals surface area contributed by atoms with Crippen LogP contribution in [0.5, 0.6) is 0 Å². The Morgan fingerprint density at radius 1 is 1.60 bits per heavy atom. The Balaban J connectivity index is 2.54. The van der Waals surface area contributed by atoms with Crippen molar-refractivity contribution >= 4 is 20.0 Å². The van der Waals surface area contributed by atoms with E-state index in [1.165, 1.54) is 0 Å². The molecule has 0 aliphatic heterocycles. The van der Waals surface area contributed by atoms with Crippen LogP contribution in [0, 0.1) is 0 Å². The lowest BCUT2D eigenvalue weighted by Gasteiger charge is -1.90. The second-order valence-electron chi connectivity index (χ2n) is 0.881. The fourth-order valence-corrected chi connectivity index (χ4v) is 0. The highest BCUT2D eigenvalue weighted by Crippen LogP contribution is 2.26. The van der Waals surface area contributed by atoms with E-state index >= 15 is 0 Å². The van der Waals surface area contributed by atoms with Crippen LogP contribution in [0.2, 0.25) is 0 Å². The Morgan fingerprint density at radius 3 is 1.80 bits per heavy atom. The van der Waals surface area contributed by atoms with Crippen molar-refractivity contribution in [3.8, 4) is 0 Å². The van der Waals surface area contributed by atoms with E-state index < -0.39 is 0 Å². The molecule has 0 radical (unpaired) electrons. The summed E-state index contributed by atoms with van der Waals surface area (Å²) < 4.78 is 4.29. The average molecular weight is 112 g/mol. The van der Waals surface area contributed by atoms with E-state index in [0.29, 0.717) is 0 Å². The van der Waals surface area contributed by atoms with Crippen molar-refractivity contribution < 1.29 is 4.08 Å². The van der Waals surface area contributed by atoms with Crippen LogP contribution in [0.1, 0.15) is 0 Å². The van der Waals surface area contributed by atoms with E-state index in [4.69, 9.17) is 11.9 Å². The lowest BCUT2D eigenvalue weighted by atomic mass is 11.9. The predicted molar refractivity (Wildman–Crippen MR) is 25.7 cm³/mol. The Hall–Kier alpha value is 0.680. The summed E-state index contributed by atoms with van der Waals surface area (Å²) in [6, 6.07) is 0. The lowest BCUT2D eigenvalue weighted by molar-refractivity contribution is 0.701. The molecule has 32 valence electrons. The van der Waals surface area contributed by atoms with Crippen LogP contribution in [0.15, 0.2) is 0 Å². The van der Waals surface area contributed by atoms with Crippen LogP contribution in [-0.2, 0) is 4.08 Å². The van der Waals surface area contributed by atoms with Crippen molar-refractivity contribution in [3.63, 3.8) is 0 Å². The summed E-state index contributed by atoms with van der Waals surface area (Å²) in [6.45, 7) is 3.87. The molecule has 0 heterocycles. The van der Waals surface area contributed by atoms with Gasteiger partial charge in [0.2, 0.25) is 0 Å². The molecular formula is C2H6ClOP. The minimum atomic E-state index is -0.333. The second-order valence-corrected chi connectivity index (χ2v) is 3.06. The molecule has 0 saturated carbocycles. The van der Waals surface area contributed by atoms with Crippen LogP contribution in [0.4, 0.5) is 0 Å². The van der Waals surface area contributed by atoms with Crippen molar-refractivity contribution in [3.05, 3.63) is 0 Å². The first kappa shape index (κ1) is 5.68. The molecule has 0 rings (SSSR count). The SMILES string of the molecule is CP(C)OCl. The first-order valence-electron chi connectivity index (χ1n) is 1.23. The molecule has 0 amide bonds. The molecule has 0 aromatic carbocycles. The topological polar surface area (TPSA) is 9.23 Å². The summed E-state index contributed by atoms with van der Waals surface area (Å²) in [7, 11) is -0.333. The standard InChI is InChI=1S/C2H6ClOP/c1-5(2)4-3/h1-2H3. The Bertz CT molecular complexity index is 23.6. The van der Waals surface area contributed by atoms with Gasteiger partial charge in [-0.2, -0.15) is 0 Å². The molecule has 0 N–H and O–H groups in total. The van der Waals surface area contributed by atoms with Gasteiger partial charge in [-0.05, 0) is 13.3 Å². The fourth-order valence-electron chi connectivity index (χ4n) is 0. The van der Waals surface area contributed by atoms with E-state index in [9.17, 15) is 0 Å². The van der Waals surface area contributed by atoms with Crippen LogP contribution >= 0.6 is 20.0 Å². The molecule has 0 fully saturated rings. The first-order valence-corrected chi connectivity index (χ1v) is 3.69. The van der Waals surface area contributed by atoms with Gasteiger partial charge in [-0.15, -0.1) is 0 Å². The maximum Gasteiger partial charge on any atom is 0.0647 e. The summed E-state index contributed by atoms with van der Waals surface area (Å²) in [5.41, 5.74) is 0.